The lowest BCUT2D eigenvalue weighted by Gasteiger charge is -2.23. The molecule has 3 aromatic rings. The number of ketones is 1. The molecule has 0 radical (unpaired) electrons. The number of benzene rings is 2. The lowest BCUT2D eigenvalue weighted by atomic mass is 9.77. The van der Waals surface area contributed by atoms with E-state index in [1.54, 1.807) is 48.5 Å². The molecule has 6 nitrogen and oxygen atoms in total. The van der Waals surface area contributed by atoms with Gasteiger partial charge in [-0.1, -0.05) is 56.3 Å². The Morgan fingerprint density at radius 2 is 1.63 bits per heavy atom. The molecule has 0 spiro atoms. The Morgan fingerprint density at radius 1 is 0.951 bits per heavy atom. The largest absolute Gasteiger partial charge is 0.507 e. The molecule has 1 heterocycles. The predicted octanol–water partition coefficient (Wildman–Crippen LogP) is 7.51. The number of rotatable bonds is 7. The number of methoxy groups -OCH3 is 1. The van der Waals surface area contributed by atoms with Crippen LogP contribution in [0.3, 0.4) is 0 Å². The first-order valence-corrected chi connectivity index (χ1v) is 13.5. The van der Waals surface area contributed by atoms with Gasteiger partial charge in [-0.25, -0.2) is 4.79 Å². The predicted molar refractivity (Wildman–Crippen MR) is 159 cm³/mol. The van der Waals surface area contributed by atoms with E-state index in [4.69, 9.17) is 9.15 Å². The van der Waals surface area contributed by atoms with Gasteiger partial charge >= 0.3 is 5.63 Å². The minimum Gasteiger partial charge on any atom is -0.507 e. The van der Waals surface area contributed by atoms with Crippen LogP contribution in [0.15, 0.2) is 82.0 Å². The van der Waals surface area contributed by atoms with Gasteiger partial charge in [0.05, 0.1) is 24.1 Å². The van der Waals surface area contributed by atoms with Crippen molar-refractivity contribution >= 4 is 16.8 Å². The van der Waals surface area contributed by atoms with Crippen LogP contribution >= 0.6 is 0 Å². The highest BCUT2D eigenvalue weighted by Gasteiger charge is 2.38. The number of aromatic hydroxyl groups is 1. The number of aryl methyl sites for hydroxylation is 2. The standard InChI is InChI=1S/C35H31NO5/c1-19(2)23-12-15-25-20(3)17-27(30(25)21(4)16-23)33(37)28(18-36)31(22-10-13-24(40-5)14-11-22)32-34(38)26-8-6-7-9-29(26)41-35(32)39/h6-17,19,28,31,38H,1-5H3. The molecular formula is C35H31NO5. The Hall–Kier alpha value is -4.89. The monoisotopic (exact) mass is 545 g/mol. The van der Waals surface area contributed by atoms with Gasteiger partial charge < -0.3 is 14.3 Å². The Balaban J connectivity index is 1.75. The second-order valence-corrected chi connectivity index (χ2v) is 10.7. The first-order chi connectivity index (χ1) is 19.7. The summed E-state index contributed by atoms with van der Waals surface area (Å²) >= 11 is 0. The van der Waals surface area contributed by atoms with Crippen LogP contribution in [-0.4, -0.2) is 18.0 Å². The van der Waals surface area contributed by atoms with E-state index in [9.17, 15) is 20.0 Å². The van der Waals surface area contributed by atoms with Gasteiger partial charge in [0.2, 0.25) is 0 Å². The van der Waals surface area contributed by atoms with Gasteiger partial charge in [0.1, 0.15) is 23.0 Å². The molecule has 206 valence electrons. The molecule has 2 aliphatic carbocycles. The number of hydrogen-bond acceptors (Lipinski definition) is 6. The Bertz CT molecular complexity index is 1840. The highest BCUT2D eigenvalue weighted by molar-refractivity contribution is 6.08. The third-order valence-electron chi connectivity index (χ3n) is 7.84. The summed E-state index contributed by atoms with van der Waals surface area (Å²) in [6, 6.07) is 23.6. The maximum atomic E-state index is 14.4. The van der Waals surface area contributed by atoms with Crippen molar-refractivity contribution in [3.05, 3.63) is 117 Å². The normalized spacial score (nSPS) is 12.8. The fraction of sp³-hybridized carbons (Fsp3) is 0.229. The van der Waals surface area contributed by atoms with Crippen molar-refractivity contribution in [3.8, 4) is 28.7 Å². The third-order valence-corrected chi connectivity index (χ3v) is 7.84. The summed E-state index contributed by atoms with van der Waals surface area (Å²) in [7, 11) is 1.54. The fourth-order valence-corrected chi connectivity index (χ4v) is 5.66. The number of nitrogens with zero attached hydrogens (tertiary/aromatic N) is 1. The molecule has 0 fully saturated rings. The van der Waals surface area contributed by atoms with Crippen LogP contribution in [0.5, 0.6) is 11.5 Å². The van der Waals surface area contributed by atoms with Crippen molar-refractivity contribution in [1.82, 2.24) is 0 Å². The Kier molecular flexibility index (Phi) is 7.38. The molecule has 0 saturated carbocycles. The molecule has 2 atom stereocenters. The lowest BCUT2D eigenvalue weighted by Crippen LogP contribution is -2.26. The van der Waals surface area contributed by atoms with Crippen molar-refractivity contribution in [3.63, 3.8) is 0 Å². The Morgan fingerprint density at radius 3 is 2.29 bits per heavy atom. The molecule has 0 aliphatic heterocycles. The van der Waals surface area contributed by atoms with Crippen LogP contribution in [0.1, 0.15) is 63.9 Å². The first-order valence-electron chi connectivity index (χ1n) is 13.5. The van der Waals surface area contributed by atoms with E-state index in [0.717, 1.165) is 27.8 Å². The molecule has 2 aromatic carbocycles. The number of Topliss-reactive ketones (excluding diaryl/α,β-unsaturated/α-hetero) is 1. The minimum absolute atomic E-state index is 0.134. The molecule has 2 unspecified atom stereocenters. The highest BCUT2D eigenvalue weighted by atomic mass is 16.5. The van der Waals surface area contributed by atoms with Crippen molar-refractivity contribution in [2.45, 2.75) is 39.5 Å². The number of hydrogen-bond donors (Lipinski definition) is 1. The SMILES string of the molecule is COc1ccc(C(c2c(O)c3ccccc3oc2=O)C(C#N)C(=O)c2cc(C)c3ccc(C(C)C)cc(C)c2-3)cc1. The van der Waals surface area contributed by atoms with Gasteiger partial charge in [-0.15, -0.1) is 0 Å². The number of carbonyl (C=O) groups excluding carboxylic acids is 1. The van der Waals surface area contributed by atoms with Crippen LogP contribution in [0.25, 0.3) is 22.1 Å². The third kappa shape index (κ3) is 4.85. The van der Waals surface area contributed by atoms with E-state index in [-0.39, 0.29) is 16.9 Å². The van der Waals surface area contributed by atoms with E-state index < -0.39 is 23.2 Å². The van der Waals surface area contributed by atoms with E-state index >= 15 is 0 Å². The van der Waals surface area contributed by atoms with Gasteiger partial charge in [0.15, 0.2) is 5.78 Å². The maximum absolute atomic E-state index is 14.4. The van der Waals surface area contributed by atoms with E-state index in [1.165, 1.54) is 7.11 Å². The number of ether oxygens (including phenoxy) is 1. The van der Waals surface area contributed by atoms with Crippen LogP contribution < -0.4 is 10.4 Å². The average molecular weight is 546 g/mol. The van der Waals surface area contributed by atoms with Crippen LogP contribution in [0, 0.1) is 31.1 Å². The first kappa shape index (κ1) is 27.7. The van der Waals surface area contributed by atoms with E-state index in [0.29, 0.717) is 28.2 Å². The van der Waals surface area contributed by atoms with Crippen molar-refractivity contribution in [2.24, 2.45) is 5.92 Å². The molecule has 5 rings (SSSR count). The molecular weight excluding hydrogens is 514 g/mol. The minimum atomic E-state index is -1.34. The maximum Gasteiger partial charge on any atom is 0.343 e. The quantitative estimate of drug-likeness (QED) is 0.168. The highest BCUT2D eigenvalue weighted by Crippen LogP contribution is 2.43. The van der Waals surface area contributed by atoms with E-state index in [2.05, 4.69) is 32.0 Å². The molecule has 41 heavy (non-hydrogen) atoms. The van der Waals surface area contributed by atoms with Gasteiger partial charge in [-0.2, -0.15) is 5.26 Å². The Labute approximate surface area is 238 Å². The molecule has 0 saturated heterocycles. The van der Waals surface area contributed by atoms with Gasteiger partial charge in [0.25, 0.3) is 0 Å². The van der Waals surface area contributed by atoms with Crippen LogP contribution in [0.4, 0.5) is 0 Å². The average Bonchev–Trinajstić information content (AvgIpc) is 3.19. The van der Waals surface area contributed by atoms with Crippen molar-refractivity contribution in [1.29, 1.82) is 5.26 Å². The summed E-state index contributed by atoms with van der Waals surface area (Å²) in [5, 5.41) is 22.3. The van der Waals surface area contributed by atoms with E-state index in [1.807, 2.05) is 26.0 Å². The summed E-state index contributed by atoms with van der Waals surface area (Å²) < 4.78 is 10.9. The van der Waals surface area contributed by atoms with Crippen LogP contribution in [-0.2, 0) is 0 Å². The molecule has 0 bridgehead atoms. The summed E-state index contributed by atoms with van der Waals surface area (Å²) in [5.41, 5.74) is 4.90. The number of carbonyl (C=O) groups is 1. The molecule has 1 aromatic heterocycles. The molecule has 6 heteroatoms. The summed E-state index contributed by atoms with van der Waals surface area (Å²) in [6.07, 6.45) is 0. The number of fused-ring (bicyclic) bond motifs is 2. The summed E-state index contributed by atoms with van der Waals surface area (Å²) in [5.74, 6) is -2.31. The lowest BCUT2D eigenvalue weighted by molar-refractivity contribution is 0.0940. The zero-order valence-electron chi connectivity index (χ0n) is 23.7. The summed E-state index contributed by atoms with van der Waals surface area (Å²) in [6.45, 7) is 8.15. The van der Waals surface area contributed by atoms with Gasteiger partial charge in [-0.3, -0.25) is 4.79 Å². The molecule has 2 aliphatic rings. The number of para-hydroxylation sites is 1. The summed E-state index contributed by atoms with van der Waals surface area (Å²) in [4.78, 5) is 27.8. The second-order valence-electron chi connectivity index (χ2n) is 10.7. The molecule has 0 amide bonds. The van der Waals surface area contributed by atoms with Crippen LogP contribution in [0.2, 0.25) is 0 Å². The smallest absolute Gasteiger partial charge is 0.343 e. The number of nitriles is 1. The topological polar surface area (TPSA) is 101 Å². The van der Waals surface area contributed by atoms with Gasteiger partial charge in [0, 0.05) is 11.5 Å². The van der Waals surface area contributed by atoms with Crippen molar-refractivity contribution in [2.75, 3.05) is 7.11 Å². The molecule has 1 N–H and O–H groups in total. The van der Waals surface area contributed by atoms with Gasteiger partial charge in [-0.05, 0) is 83.5 Å². The van der Waals surface area contributed by atoms with Crippen molar-refractivity contribution < 1.29 is 19.1 Å². The second kappa shape index (κ2) is 10.9. The zero-order chi connectivity index (χ0) is 29.4. The fourth-order valence-electron chi connectivity index (χ4n) is 5.66. The zero-order valence-corrected chi connectivity index (χ0v) is 23.7.